The maximum atomic E-state index is 12.7. The van der Waals surface area contributed by atoms with Gasteiger partial charge in [-0.05, 0) is 43.7 Å². The van der Waals surface area contributed by atoms with Crippen LogP contribution in [-0.4, -0.2) is 48.7 Å². The second-order valence-electron chi connectivity index (χ2n) is 7.70. The van der Waals surface area contributed by atoms with Gasteiger partial charge in [0, 0.05) is 25.3 Å². The summed E-state index contributed by atoms with van der Waals surface area (Å²) in [5, 5.41) is 15.0. The Balaban J connectivity index is 1.98. The van der Waals surface area contributed by atoms with Crippen LogP contribution in [0.4, 0.5) is 0 Å². The average Bonchev–Trinajstić information content (AvgIpc) is 2.66. The minimum absolute atomic E-state index is 0.0220. The molecular formula is C21H30N2O5. The molecule has 1 saturated heterocycles. The molecule has 1 aromatic rings. The molecule has 0 aliphatic carbocycles. The Morgan fingerprint density at radius 2 is 1.75 bits per heavy atom. The SMILES string of the molecule is Cc1ccc(C(=O)NC(C(=O)NCC(C(=O)O)C2CCOCC2)C(C)C)cc1. The quantitative estimate of drug-likeness (QED) is 0.630. The number of amides is 2. The second kappa shape index (κ2) is 10.2. The molecule has 0 saturated carbocycles. The van der Waals surface area contributed by atoms with Crippen molar-refractivity contribution in [2.75, 3.05) is 19.8 Å². The standard InChI is InChI=1S/C21H30N2O5/c1-13(2)18(23-19(24)16-6-4-14(3)5-7-16)20(25)22-12-17(21(26)27)15-8-10-28-11-9-15/h4-7,13,15,17-18H,8-12H2,1-3H3,(H,22,25)(H,23,24)(H,26,27). The highest BCUT2D eigenvalue weighted by Crippen LogP contribution is 2.23. The lowest BCUT2D eigenvalue weighted by Crippen LogP contribution is -2.51. The summed E-state index contributed by atoms with van der Waals surface area (Å²) in [7, 11) is 0. The summed E-state index contributed by atoms with van der Waals surface area (Å²) in [6, 6.07) is 6.37. The van der Waals surface area contributed by atoms with Crippen molar-refractivity contribution in [3.8, 4) is 0 Å². The van der Waals surface area contributed by atoms with Crippen molar-refractivity contribution in [1.82, 2.24) is 10.6 Å². The molecule has 3 N–H and O–H groups in total. The van der Waals surface area contributed by atoms with Crippen LogP contribution >= 0.6 is 0 Å². The van der Waals surface area contributed by atoms with Crippen LogP contribution in [0.3, 0.4) is 0 Å². The fourth-order valence-corrected chi connectivity index (χ4v) is 3.36. The van der Waals surface area contributed by atoms with Crippen molar-refractivity contribution in [2.45, 2.75) is 39.7 Å². The van der Waals surface area contributed by atoms with E-state index in [-0.39, 0.29) is 30.2 Å². The van der Waals surface area contributed by atoms with Gasteiger partial charge in [-0.15, -0.1) is 0 Å². The summed E-state index contributed by atoms with van der Waals surface area (Å²) < 4.78 is 5.29. The fourth-order valence-electron chi connectivity index (χ4n) is 3.36. The zero-order valence-electron chi connectivity index (χ0n) is 16.7. The van der Waals surface area contributed by atoms with Gasteiger partial charge >= 0.3 is 5.97 Å². The summed E-state index contributed by atoms with van der Waals surface area (Å²) in [4.78, 5) is 36.8. The molecule has 0 bridgehead atoms. The highest BCUT2D eigenvalue weighted by molar-refractivity contribution is 5.97. The highest BCUT2D eigenvalue weighted by Gasteiger charge is 2.31. The topological polar surface area (TPSA) is 105 Å². The first-order valence-electron chi connectivity index (χ1n) is 9.75. The van der Waals surface area contributed by atoms with E-state index in [1.54, 1.807) is 12.1 Å². The van der Waals surface area contributed by atoms with E-state index < -0.39 is 17.9 Å². The third-order valence-corrected chi connectivity index (χ3v) is 5.20. The molecule has 1 heterocycles. The van der Waals surface area contributed by atoms with Gasteiger partial charge < -0.3 is 20.5 Å². The number of carboxylic acids is 1. The molecule has 1 fully saturated rings. The number of carbonyl (C=O) groups excluding carboxylic acids is 2. The van der Waals surface area contributed by atoms with E-state index in [0.29, 0.717) is 31.6 Å². The molecule has 2 amide bonds. The van der Waals surface area contributed by atoms with Crippen LogP contribution in [0.25, 0.3) is 0 Å². The van der Waals surface area contributed by atoms with Crippen molar-refractivity contribution in [1.29, 1.82) is 0 Å². The molecule has 1 aliphatic rings. The molecule has 7 heteroatoms. The van der Waals surface area contributed by atoms with E-state index in [9.17, 15) is 19.5 Å². The number of carboxylic acid groups (broad SMARTS) is 1. The van der Waals surface area contributed by atoms with Crippen LogP contribution in [0.5, 0.6) is 0 Å². The zero-order chi connectivity index (χ0) is 20.7. The van der Waals surface area contributed by atoms with E-state index in [0.717, 1.165) is 5.56 Å². The van der Waals surface area contributed by atoms with Gasteiger partial charge in [0.2, 0.25) is 5.91 Å². The predicted molar refractivity (Wildman–Crippen MR) is 105 cm³/mol. The Bertz CT molecular complexity index is 681. The number of benzene rings is 1. The maximum absolute atomic E-state index is 12.7. The van der Waals surface area contributed by atoms with Crippen LogP contribution < -0.4 is 10.6 Å². The summed E-state index contributed by atoms with van der Waals surface area (Å²) in [6.45, 7) is 6.75. The van der Waals surface area contributed by atoms with Gasteiger partial charge in [0.1, 0.15) is 6.04 Å². The van der Waals surface area contributed by atoms with Crippen molar-refractivity contribution in [3.05, 3.63) is 35.4 Å². The molecule has 1 aromatic carbocycles. The van der Waals surface area contributed by atoms with Crippen molar-refractivity contribution < 1.29 is 24.2 Å². The van der Waals surface area contributed by atoms with Gasteiger partial charge in [-0.3, -0.25) is 14.4 Å². The van der Waals surface area contributed by atoms with E-state index in [1.807, 2.05) is 32.9 Å². The number of hydrogen-bond donors (Lipinski definition) is 3. The van der Waals surface area contributed by atoms with Gasteiger partial charge in [-0.1, -0.05) is 31.5 Å². The Hall–Kier alpha value is -2.41. The lowest BCUT2D eigenvalue weighted by molar-refractivity contribution is -0.145. The van der Waals surface area contributed by atoms with E-state index in [2.05, 4.69) is 10.6 Å². The summed E-state index contributed by atoms with van der Waals surface area (Å²) in [5.74, 6) is -2.43. The average molecular weight is 390 g/mol. The Morgan fingerprint density at radius 3 is 2.29 bits per heavy atom. The molecule has 2 atom stereocenters. The largest absolute Gasteiger partial charge is 0.481 e. The van der Waals surface area contributed by atoms with Gasteiger partial charge in [-0.2, -0.15) is 0 Å². The minimum atomic E-state index is -0.919. The van der Waals surface area contributed by atoms with Crippen molar-refractivity contribution in [3.63, 3.8) is 0 Å². The smallest absolute Gasteiger partial charge is 0.308 e. The normalized spacial score (nSPS) is 17.0. The first-order valence-corrected chi connectivity index (χ1v) is 9.75. The van der Waals surface area contributed by atoms with Crippen LogP contribution in [0.2, 0.25) is 0 Å². The number of rotatable bonds is 8. The molecule has 2 rings (SSSR count). The first-order chi connectivity index (χ1) is 13.3. The minimum Gasteiger partial charge on any atom is -0.481 e. The first kappa shape index (κ1) is 21.9. The molecule has 2 unspecified atom stereocenters. The molecule has 7 nitrogen and oxygen atoms in total. The number of aliphatic carboxylic acids is 1. The zero-order valence-corrected chi connectivity index (χ0v) is 16.7. The van der Waals surface area contributed by atoms with Gasteiger partial charge in [-0.25, -0.2) is 0 Å². The van der Waals surface area contributed by atoms with Crippen LogP contribution in [0, 0.1) is 24.7 Å². The molecule has 0 aromatic heterocycles. The number of aryl methyl sites for hydroxylation is 1. The molecule has 28 heavy (non-hydrogen) atoms. The summed E-state index contributed by atoms with van der Waals surface area (Å²) in [5.41, 5.74) is 1.53. The highest BCUT2D eigenvalue weighted by atomic mass is 16.5. The lowest BCUT2D eigenvalue weighted by atomic mass is 9.86. The molecule has 0 spiro atoms. The molecule has 1 aliphatic heterocycles. The van der Waals surface area contributed by atoms with E-state index in [4.69, 9.17) is 4.74 Å². The van der Waals surface area contributed by atoms with Crippen molar-refractivity contribution in [2.24, 2.45) is 17.8 Å². The number of ether oxygens (including phenoxy) is 1. The number of nitrogens with one attached hydrogen (secondary N) is 2. The predicted octanol–water partition coefficient (Wildman–Crippen LogP) is 1.99. The number of hydrogen-bond acceptors (Lipinski definition) is 4. The van der Waals surface area contributed by atoms with Gasteiger partial charge in [0.05, 0.1) is 5.92 Å². The monoisotopic (exact) mass is 390 g/mol. The summed E-state index contributed by atoms with van der Waals surface area (Å²) >= 11 is 0. The Morgan fingerprint density at radius 1 is 1.14 bits per heavy atom. The van der Waals surface area contributed by atoms with Crippen molar-refractivity contribution >= 4 is 17.8 Å². The third-order valence-electron chi connectivity index (χ3n) is 5.20. The maximum Gasteiger partial charge on any atom is 0.308 e. The lowest BCUT2D eigenvalue weighted by Gasteiger charge is -2.28. The Kier molecular flexibility index (Phi) is 7.99. The van der Waals surface area contributed by atoms with E-state index >= 15 is 0 Å². The molecular weight excluding hydrogens is 360 g/mol. The van der Waals surface area contributed by atoms with Crippen LogP contribution in [-0.2, 0) is 14.3 Å². The molecule has 154 valence electrons. The number of carbonyl (C=O) groups is 3. The Labute approximate surface area is 165 Å². The fraction of sp³-hybridized carbons (Fsp3) is 0.571. The summed E-state index contributed by atoms with van der Waals surface area (Å²) in [6.07, 6.45) is 1.34. The van der Waals surface area contributed by atoms with Gasteiger partial charge in [0.15, 0.2) is 0 Å². The van der Waals surface area contributed by atoms with E-state index in [1.165, 1.54) is 0 Å². The van der Waals surface area contributed by atoms with Gasteiger partial charge in [0.25, 0.3) is 5.91 Å². The second-order valence-corrected chi connectivity index (χ2v) is 7.70. The molecule has 0 radical (unpaired) electrons. The van der Waals surface area contributed by atoms with Crippen LogP contribution in [0.1, 0.15) is 42.6 Å². The van der Waals surface area contributed by atoms with Crippen LogP contribution in [0.15, 0.2) is 24.3 Å². The third kappa shape index (κ3) is 6.05.